The average Bonchev–Trinajstić information content (AvgIpc) is 2.45. The van der Waals surface area contributed by atoms with Crippen molar-refractivity contribution >= 4 is 0 Å². The van der Waals surface area contributed by atoms with Gasteiger partial charge in [0.1, 0.15) is 0 Å². The summed E-state index contributed by atoms with van der Waals surface area (Å²) in [5.41, 5.74) is 0. The minimum Gasteiger partial charge on any atom is -0.0654 e. The lowest BCUT2D eigenvalue weighted by Crippen LogP contribution is -2.23. The highest BCUT2D eigenvalue weighted by atomic mass is 14.3. The summed E-state index contributed by atoms with van der Waals surface area (Å²) in [7, 11) is 0. The van der Waals surface area contributed by atoms with Crippen LogP contribution in [0.1, 0.15) is 123 Å². The zero-order chi connectivity index (χ0) is 15.2. The third kappa shape index (κ3) is 10.4. The first-order valence-electron chi connectivity index (χ1n) is 10.4. The van der Waals surface area contributed by atoms with E-state index in [1.54, 1.807) is 19.3 Å². The second-order valence-corrected chi connectivity index (χ2v) is 7.67. The van der Waals surface area contributed by atoms with Gasteiger partial charge in [-0.25, -0.2) is 0 Å². The van der Waals surface area contributed by atoms with Crippen LogP contribution in [0.4, 0.5) is 0 Å². The minimum atomic E-state index is 1.12. The van der Waals surface area contributed by atoms with Gasteiger partial charge in [-0.1, -0.05) is 110 Å². The summed E-state index contributed by atoms with van der Waals surface area (Å²) in [6, 6.07) is 0. The van der Waals surface area contributed by atoms with E-state index in [-0.39, 0.29) is 0 Å². The SMILES string of the molecule is CCCCCCCCCCCC1CC(CCCCCC)C1. The van der Waals surface area contributed by atoms with Gasteiger partial charge in [-0.05, 0) is 24.7 Å². The lowest BCUT2D eigenvalue weighted by molar-refractivity contribution is 0.164. The van der Waals surface area contributed by atoms with Crippen molar-refractivity contribution in [3.8, 4) is 0 Å². The van der Waals surface area contributed by atoms with E-state index in [0.29, 0.717) is 0 Å². The first kappa shape index (κ1) is 19.0. The topological polar surface area (TPSA) is 0 Å². The number of hydrogen-bond acceptors (Lipinski definition) is 0. The van der Waals surface area contributed by atoms with Crippen LogP contribution >= 0.6 is 0 Å². The van der Waals surface area contributed by atoms with Gasteiger partial charge < -0.3 is 0 Å². The molecule has 0 bridgehead atoms. The molecule has 0 heterocycles. The molecule has 0 aromatic carbocycles. The standard InChI is InChI=1S/C21H42/c1-3-5-7-9-10-11-12-13-15-17-21-18-20(19-21)16-14-8-6-4-2/h20-21H,3-19H2,1-2H3. The van der Waals surface area contributed by atoms with E-state index in [0.717, 1.165) is 11.8 Å². The number of unbranched alkanes of at least 4 members (excludes halogenated alkanes) is 11. The molecular weight excluding hydrogens is 252 g/mol. The second kappa shape index (κ2) is 13.6. The molecule has 1 fully saturated rings. The Balaban J connectivity index is 1.74. The van der Waals surface area contributed by atoms with Gasteiger partial charge in [-0.3, -0.25) is 0 Å². The van der Waals surface area contributed by atoms with Gasteiger partial charge in [0.25, 0.3) is 0 Å². The maximum Gasteiger partial charge on any atom is -0.0409 e. The summed E-state index contributed by atoms with van der Waals surface area (Å²) in [4.78, 5) is 0. The van der Waals surface area contributed by atoms with Gasteiger partial charge in [0.15, 0.2) is 0 Å². The number of hydrogen-bond donors (Lipinski definition) is 0. The first-order valence-corrected chi connectivity index (χ1v) is 10.4. The van der Waals surface area contributed by atoms with E-state index in [9.17, 15) is 0 Å². The molecule has 0 heteroatoms. The van der Waals surface area contributed by atoms with Crippen LogP contribution in [-0.2, 0) is 0 Å². The highest BCUT2D eigenvalue weighted by Crippen LogP contribution is 2.40. The Hall–Kier alpha value is 0. The molecule has 0 unspecified atom stereocenters. The Morgan fingerprint density at radius 2 is 0.810 bits per heavy atom. The van der Waals surface area contributed by atoms with Crippen molar-refractivity contribution in [3.05, 3.63) is 0 Å². The molecule has 0 radical (unpaired) electrons. The predicted octanol–water partition coefficient (Wildman–Crippen LogP) is 7.90. The Labute approximate surface area is 135 Å². The first-order chi connectivity index (χ1) is 10.4. The molecule has 0 aliphatic heterocycles. The predicted molar refractivity (Wildman–Crippen MR) is 96.8 cm³/mol. The molecule has 0 N–H and O–H groups in total. The quantitative estimate of drug-likeness (QED) is 0.269. The molecule has 0 aromatic heterocycles. The van der Waals surface area contributed by atoms with Gasteiger partial charge in [0, 0.05) is 0 Å². The van der Waals surface area contributed by atoms with Crippen molar-refractivity contribution in [2.75, 3.05) is 0 Å². The van der Waals surface area contributed by atoms with E-state index in [1.807, 2.05) is 0 Å². The van der Waals surface area contributed by atoms with E-state index in [1.165, 1.54) is 89.9 Å². The molecule has 0 saturated heterocycles. The van der Waals surface area contributed by atoms with Crippen LogP contribution in [0.15, 0.2) is 0 Å². The molecule has 0 amide bonds. The maximum absolute atomic E-state index is 2.31. The molecule has 0 atom stereocenters. The van der Waals surface area contributed by atoms with Crippen molar-refractivity contribution < 1.29 is 0 Å². The Morgan fingerprint density at radius 1 is 0.476 bits per heavy atom. The largest absolute Gasteiger partial charge is 0.0654 e. The monoisotopic (exact) mass is 294 g/mol. The summed E-state index contributed by atoms with van der Waals surface area (Å²) >= 11 is 0. The maximum atomic E-state index is 2.31. The number of rotatable bonds is 15. The molecule has 0 nitrogen and oxygen atoms in total. The lowest BCUT2D eigenvalue weighted by Gasteiger charge is -2.35. The summed E-state index contributed by atoms with van der Waals surface area (Å²) in [6.45, 7) is 4.61. The molecule has 21 heavy (non-hydrogen) atoms. The van der Waals surface area contributed by atoms with Crippen molar-refractivity contribution in [2.45, 2.75) is 123 Å². The molecule has 1 saturated carbocycles. The van der Waals surface area contributed by atoms with Gasteiger partial charge in [-0.15, -0.1) is 0 Å². The Kier molecular flexibility index (Phi) is 12.4. The fourth-order valence-corrected chi connectivity index (χ4v) is 3.95. The van der Waals surface area contributed by atoms with Gasteiger partial charge >= 0.3 is 0 Å². The zero-order valence-electron chi connectivity index (χ0n) is 15.2. The lowest BCUT2D eigenvalue weighted by atomic mass is 9.70. The van der Waals surface area contributed by atoms with E-state index in [2.05, 4.69) is 13.8 Å². The van der Waals surface area contributed by atoms with E-state index >= 15 is 0 Å². The molecular formula is C21H42. The fraction of sp³-hybridized carbons (Fsp3) is 1.00. The van der Waals surface area contributed by atoms with Crippen molar-refractivity contribution in [1.29, 1.82) is 0 Å². The van der Waals surface area contributed by atoms with Crippen molar-refractivity contribution in [3.63, 3.8) is 0 Å². The molecule has 0 aromatic rings. The summed E-state index contributed by atoms with van der Waals surface area (Å²) in [5, 5.41) is 0. The minimum absolute atomic E-state index is 1.12. The highest BCUT2D eigenvalue weighted by Gasteiger charge is 2.27. The smallest absolute Gasteiger partial charge is 0.0409 e. The van der Waals surface area contributed by atoms with Crippen LogP contribution in [0.5, 0.6) is 0 Å². The molecule has 1 aliphatic carbocycles. The third-order valence-electron chi connectivity index (χ3n) is 5.52. The summed E-state index contributed by atoms with van der Waals surface area (Å²) in [6.07, 6.45) is 25.3. The third-order valence-corrected chi connectivity index (χ3v) is 5.52. The van der Waals surface area contributed by atoms with Crippen LogP contribution in [0.3, 0.4) is 0 Å². The summed E-state index contributed by atoms with van der Waals surface area (Å²) in [5.74, 6) is 2.23. The van der Waals surface area contributed by atoms with Crippen LogP contribution in [0, 0.1) is 11.8 Å². The van der Waals surface area contributed by atoms with E-state index in [4.69, 9.17) is 0 Å². The second-order valence-electron chi connectivity index (χ2n) is 7.67. The molecule has 1 aliphatic rings. The van der Waals surface area contributed by atoms with Crippen molar-refractivity contribution in [1.82, 2.24) is 0 Å². The van der Waals surface area contributed by atoms with Crippen LogP contribution < -0.4 is 0 Å². The highest BCUT2D eigenvalue weighted by molar-refractivity contribution is 4.79. The normalized spacial score (nSPS) is 21.4. The van der Waals surface area contributed by atoms with Gasteiger partial charge in [0.05, 0.1) is 0 Å². The summed E-state index contributed by atoms with van der Waals surface area (Å²) < 4.78 is 0. The average molecular weight is 295 g/mol. The Morgan fingerprint density at radius 3 is 1.24 bits per heavy atom. The zero-order valence-corrected chi connectivity index (χ0v) is 15.2. The van der Waals surface area contributed by atoms with Crippen LogP contribution in [-0.4, -0.2) is 0 Å². The van der Waals surface area contributed by atoms with Gasteiger partial charge in [-0.2, -0.15) is 0 Å². The van der Waals surface area contributed by atoms with Crippen LogP contribution in [0.2, 0.25) is 0 Å². The van der Waals surface area contributed by atoms with Gasteiger partial charge in [0.2, 0.25) is 0 Å². The van der Waals surface area contributed by atoms with E-state index < -0.39 is 0 Å². The van der Waals surface area contributed by atoms with Crippen LogP contribution in [0.25, 0.3) is 0 Å². The molecule has 126 valence electrons. The Bertz CT molecular complexity index is 202. The molecule has 1 rings (SSSR count). The van der Waals surface area contributed by atoms with Crippen molar-refractivity contribution in [2.24, 2.45) is 11.8 Å². The molecule has 0 spiro atoms. The fourth-order valence-electron chi connectivity index (χ4n) is 3.95.